The highest BCUT2D eigenvalue weighted by atomic mass is 79.9. The first-order valence-electron chi connectivity index (χ1n) is 6.43. The Balaban J connectivity index is 1.97. The first kappa shape index (κ1) is 13.8. The summed E-state index contributed by atoms with van der Waals surface area (Å²) in [6.45, 7) is 6.52. The normalized spacial score (nSPS) is 21.7. The highest BCUT2D eigenvalue weighted by molar-refractivity contribution is 9.10. The van der Waals surface area contributed by atoms with Gasteiger partial charge in [0.1, 0.15) is 6.10 Å². The van der Waals surface area contributed by atoms with Gasteiger partial charge in [0.05, 0.1) is 24.4 Å². The second-order valence-electron chi connectivity index (χ2n) is 5.42. The SMILES string of the molecule is Cc1nc2c(cc1Br)[nH]c(=O)n2C[C@H]1COC(C)(C)O1. The van der Waals surface area contributed by atoms with Crippen LogP contribution in [-0.2, 0) is 16.0 Å². The summed E-state index contributed by atoms with van der Waals surface area (Å²) in [5.41, 5.74) is 2.02. The fourth-order valence-corrected chi connectivity index (χ4v) is 2.69. The Morgan fingerprint density at radius 3 is 3.00 bits per heavy atom. The molecular weight excluding hydrogens is 326 g/mol. The van der Waals surface area contributed by atoms with E-state index in [1.807, 2.05) is 26.8 Å². The highest BCUT2D eigenvalue weighted by Gasteiger charge is 2.33. The van der Waals surface area contributed by atoms with Crippen LogP contribution in [-0.4, -0.2) is 33.0 Å². The van der Waals surface area contributed by atoms with E-state index in [0.29, 0.717) is 24.3 Å². The van der Waals surface area contributed by atoms with Gasteiger partial charge in [-0.2, -0.15) is 0 Å². The number of imidazole rings is 1. The van der Waals surface area contributed by atoms with E-state index in [-0.39, 0.29) is 11.8 Å². The van der Waals surface area contributed by atoms with E-state index in [1.54, 1.807) is 4.57 Å². The summed E-state index contributed by atoms with van der Waals surface area (Å²) >= 11 is 3.41. The molecule has 0 aliphatic carbocycles. The summed E-state index contributed by atoms with van der Waals surface area (Å²) in [7, 11) is 0. The molecule has 2 aromatic rings. The van der Waals surface area contributed by atoms with E-state index >= 15 is 0 Å². The van der Waals surface area contributed by atoms with Crippen LogP contribution in [0.4, 0.5) is 0 Å². The van der Waals surface area contributed by atoms with E-state index in [9.17, 15) is 4.79 Å². The van der Waals surface area contributed by atoms with Crippen molar-refractivity contribution in [2.24, 2.45) is 0 Å². The van der Waals surface area contributed by atoms with Crippen molar-refractivity contribution in [3.8, 4) is 0 Å². The van der Waals surface area contributed by atoms with Crippen LogP contribution in [0.2, 0.25) is 0 Å². The number of halogens is 1. The summed E-state index contributed by atoms with van der Waals surface area (Å²) in [5, 5.41) is 0. The monoisotopic (exact) mass is 341 g/mol. The van der Waals surface area contributed by atoms with Gasteiger partial charge < -0.3 is 14.5 Å². The number of hydrogen-bond acceptors (Lipinski definition) is 4. The summed E-state index contributed by atoms with van der Waals surface area (Å²) in [6, 6.07) is 1.87. The molecule has 3 heterocycles. The Kier molecular flexibility index (Phi) is 3.23. The first-order valence-corrected chi connectivity index (χ1v) is 7.22. The lowest BCUT2D eigenvalue weighted by Gasteiger charge is -2.17. The third kappa shape index (κ3) is 2.41. The fourth-order valence-electron chi connectivity index (χ4n) is 2.37. The molecule has 108 valence electrons. The lowest BCUT2D eigenvalue weighted by atomic mass is 10.3. The second-order valence-corrected chi connectivity index (χ2v) is 6.27. The third-order valence-electron chi connectivity index (χ3n) is 3.33. The predicted molar refractivity (Wildman–Crippen MR) is 77.7 cm³/mol. The van der Waals surface area contributed by atoms with E-state index in [2.05, 4.69) is 25.9 Å². The largest absolute Gasteiger partial charge is 0.348 e. The van der Waals surface area contributed by atoms with Gasteiger partial charge in [-0.3, -0.25) is 4.57 Å². The average molecular weight is 342 g/mol. The van der Waals surface area contributed by atoms with Crippen LogP contribution in [0.3, 0.4) is 0 Å². The molecule has 0 saturated carbocycles. The molecule has 0 amide bonds. The van der Waals surface area contributed by atoms with Crippen molar-refractivity contribution in [1.82, 2.24) is 14.5 Å². The second kappa shape index (κ2) is 4.68. The molecule has 0 aromatic carbocycles. The van der Waals surface area contributed by atoms with Gasteiger partial charge in [-0.15, -0.1) is 0 Å². The van der Waals surface area contributed by atoms with Gasteiger partial charge in [-0.1, -0.05) is 0 Å². The Labute approximate surface area is 124 Å². The van der Waals surface area contributed by atoms with Crippen molar-refractivity contribution in [1.29, 1.82) is 0 Å². The fraction of sp³-hybridized carbons (Fsp3) is 0.538. The molecule has 7 heteroatoms. The molecule has 0 unspecified atom stereocenters. The van der Waals surface area contributed by atoms with Crippen molar-refractivity contribution in [2.75, 3.05) is 6.61 Å². The zero-order valence-corrected chi connectivity index (χ0v) is 13.2. The molecule has 6 nitrogen and oxygen atoms in total. The van der Waals surface area contributed by atoms with Crippen molar-refractivity contribution in [2.45, 2.75) is 39.2 Å². The van der Waals surface area contributed by atoms with Crippen LogP contribution in [0.15, 0.2) is 15.3 Å². The quantitative estimate of drug-likeness (QED) is 0.906. The van der Waals surface area contributed by atoms with Gasteiger partial charge in [0.15, 0.2) is 11.4 Å². The number of pyridine rings is 1. The van der Waals surface area contributed by atoms with Crippen molar-refractivity contribution >= 4 is 27.1 Å². The number of aromatic amines is 1. The Hall–Kier alpha value is -1.18. The maximum atomic E-state index is 12.1. The van der Waals surface area contributed by atoms with E-state index in [0.717, 1.165) is 10.2 Å². The van der Waals surface area contributed by atoms with Crippen LogP contribution < -0.4 is 5.69 Å². The molecule has 2 aromatic heterocycles. The van der Waals surface area contributed by atoms with Crippen molar-refractivity contribution in [3.63, 3.8) is 0 Å². The molecule has 1 aliphatic rings. The van der Waals surface area contributed by atoms with Crippen LogP contribution >= 0.6 is 15.9 Å². The maximum absolute atomic E-state index is 12.1. The van der Waals surface area contributed by atoms with Crippen molar-refractivity contribution in [3.05, 3.63) is 26.7 Å². The summed E-state index contributed by atoms with van der Waals surface area (Å²) in [4.78, 5) is 19.3. The number of aromatic nitrogens is 3. The Morgan fingerprint density at radius 2 is 2.35 bits per heavy atom. The lowest BCUT2D eigenvalue weighted by Crippen LogP contribution is -2.28. The molecule has 0 radical (unpaired) electrons. The molecule has 3 rings (SSSR count). The van der Waals surface area contributed by atoms with Crippen LogP contribution in [0.25, 0.3) is 11.2 Å². The minimum Gasteiger partial charge on any atom is -0.348 e. The Bertz CT molecular complexity index is 719. The molecule has 1 aliphatic heterocycles. The number of nitrogens with zero attached hydrogens (tertiary/aromatic N) is 2. The summed E-state index contributed by atoms with van der Waals surface area (Å²) < 4.78 is 13.7. The Morgan fingerprint density at radius 1 is 1.60 bits per heavy atom. The number of hydrogen-bond donors (Lipinski definition) is 1. The number of fused-ring (bicyclic) bond motifs is 1. The van der Waals surface area contributed by atoms with Crippen LogP contribution in [0.5, 0.6) is 0 Å². The molecule has 1 atom stereocenters. The zero-order chi connectivity index (χ0) is 14.5. The first-order chi connectivity index (χ1) is 9.35. The summed E-state index contributed by atoms with van der Waals surface area (Å²) in [5.74, 6) is -0.591. The predicted octanol–water partition coefficient (Wildman–Crippen LogP) is 1.95. The minimum atomic E-state index is -0.591. The number of rotatable bonds is 2. The topological polar surface area (TPSA) is 69.1 Å². The van der Waals surface area contributed by atoms with E-state index < -0.39 is 5.79 Å². The third-order valence-corrected chi connectivity index (χ3v) is 4.13. The van der Waals surface area contributed by atoms with Gasteiger partial charge >= 0.3 is 5.69 Å². The maximum Gasteiger partial charge on any atom is 0.327 e. The standard InChI is InChI=1S/C13H16BrN3O3/c1-7-9(14)4-10-11(15-7)17(12(18)16-10)5-8-6-19-13(2,3)20-8/h4,8H,5-6H2,1-3H3,(H,16,18)/t8-/m0/s1. The number of nitrogens with one attached hydrogen (secondary N) is 1. The molecule has 0 bridgehead atoms. The minimum absolute atomic E-state index is 0.146. The van der Waals surface area contributed by atoms with Crippen LogP contribution in [0.1, 0.15) is 19.5 Å². The smallest absolute Gasteiger partial charge is 0.327 e. The van der Waals surface area contributed by atoms with E-state index in [4.69, 9.17) is 9.47 Å². The average Bonchev–Trinajstić information content (AvgIpc) is 2.83. The van der Waals surface area contributed by atoms with Gasteiger partial charge in [-0.05, 0) is 42.8 Å². The molecule has 1 saturated heterocycles. The van der Waals surface area contributed by atoms with Gasteiger partial charge in [0.2, 0.25) is 0 Å². The van der Waals surface area contributed by atoms with Crippen molar-refractivity contribution < 1.29 is 9.47 Å². The molecule has 1 N–H and O–H groups in total. The summed E-state index contributed by atoms with van der Waals surface area (Å²) in [6.07, 6.45) is -0.146. The number of H-pyrrole nitrogens is 1. The van der Waals surface area contributed by atoms with E-state index in [1.165, 1.54) is 0 Å². The van der Waals surface area contributed by atoms with Crippen LogP contribution in [0, 0.1) is 6.92 Å². The molecule has 1 fully saturated rings. The van der Waals surface area contributed by atoms with Gasteiger partial charge in [0.25, 0.3) is 0 Å². The number of ether oxygens (including phenoxy) is 2. The van der Waals surface area contributed by atoms with Gasteiger partial charge in [0, 0.05) is 4.47 Å². The zero-order valence-electron chi connectivity index (χ0n) is 11.6. The van der Waals surface area contributed by atoms with Gasteiger partial charge in [-0.25, -0.2) is 9.78 Å². The molecule has 20 heavy (non-hydrogen) atoms. The highest BCUT2D eigenvalue weighted by Crippen LogP contribution is 2.24. The molecule has 0 spiro atoms. The lowest BCUT2D eigenvalue weighted by molar-refractivity contribution is -0.139. The number of aryl methyl sites for hydroxylation is 1. The molecular formula is C13H16BrN3O3.